The summed E-state index contributed by atoms with van der Waals surface area (Å²) in [6.07, 6.45) is 4.34. The largest absolute Gasteiger partial charge is 0.395 e. The van der Waals surface area contributed by atoms with Crippen LogP contribution in [-0.4, -0.2) is 52.5 Å². The van der Waals surface area contributed by atoms with E-state index in [1.54, 1.807) is 26.0 Å². The standard InChI is InChI=1S/C25H29FN4O4S/c1-15-22-13-27-30(21-8-6-20(26)7-9-21)23(22)12-18-4-5-19(24(15)18)14-29(10-11-31)35(32,33)25-16(2)28-34-17(25)3/h6-9,13,15,19,31H,4-5,10-12,14H2,1-3H3/t15-,19+/m0/s1. The molecule has 0 bridgehead atoms. The predicted molar refractivity (Wildman–Crippen MR) is 127 cm³/mol. The van der Waals surface area contributed by atoms with Gasteiger partial charge in [0.15, 0.2) is 5.76 Å². The number of aliphatic hydroxyl groups is 1. The van der Waals surface area contributed by atoms with Crippen molar-refractivity contribution in [3.63, 3.8) is 0 Å². The number of hydrogen-bond acceptors (Lipinski definition) is 6. The molecule has 2 aliphatic rings. The van der Waals surface area contributed by atoms with E-state index in [0.29, 0.717) is 5.69 Å². The molecule has 10 heteroatoms. The molecule has 0 saturated carbocycles. The van der Waals surface area contributed by atoms with Crippen LogP contribution in [0, 0.1) is 25.6 Å². The molecule has 1 aromatic carbocycles. The van der Waals surface area contributed by atoms with E-state index in [1.807, 2.05) is 10.9 Å². The Hall–Kier alpha value is -2.82. The van der Waals surface area contributed by atoms with Crippen LogP contribution in [0.1, 0.15) is 48.4 Å². The molecule has 2 aliphatic carbocycles. The van der Waals surface area contributed by atoms with E-state index in [1.165, 1.54) is 27.6 Å². The van der Waals surface area contributed by atoms with E-state index in [2.05, 4.69) is 17.2 Å². The summed E-state index contributed by atoms with van der Waals surface area (Å²) in [5.74, 6) is 0.101. The lowest BCUT2D eigenvalue weighted by molar-refractivity contribution is 0.243. The number of rotatable bonds is 7. The van der Waals surface area contributed by atoms with Gasteiger partial charge in [0.1, 0.15) is 16.4 Å². The third kappa shape index (κ3) is 4.03. The Morgan fingerprint density at radius 2 is 2.00 bits per heavy atom. The molecular formula is C25H29FN4O4S. The number of benzene rings is 1. The first-order valence-corrected chi connectivity index (χ1v) is 13.2. The number of hydrogen-bond donors (Lipinski definition) is 1. The fourth-order valence-electron chi connectivity index (χ4n) is 5.72. The number of halogens is 1. The highest BCUT2D eigenvalue weighted by atomic mass is 32.2. The SMILES string of the molecule is Cc1noc(C)c1S(=O)(=O)N(CCO)C[C@H]1CCC2=C1[C@@H](C)c1cnn(-c3ccc(F)cc3)c1C2. The quantitative estimate of drug-likeness (QED) is 0.497. The molecule has 35 heavy (non-hydrogen) atoms. The summed E-state index contributed by atoms with van der Waals surface area (Å²) in [4.78, 5) is 0.0812. The summed E-state index contributed by atoms with van der Waals surface area (Å²) in [5, 5.41) is 18.1. The lowest BCUT2D eigenvalue weighted by Crippen LogP contribution is -2.38. The minimum atomic E-state index is -3.87. The predicted octanol–water partition coefficient (Wildman–Crippen LogP) is 3.67. The van der Waals surface area contributed by atoms with E-state index < -0.39 is 10.0 Å². The lowest BCUT2D eigenvalue weighted by Gasteiger charge is -2.30. The van der Waals surface area contributed by atoms with Crippen molar-refractivity contribution in [1.29, 1.82) is 0 Å². The minimum Gasteiger partial charge on any atom is -0.395 e. The molecule has 2 aromatic heterocycles. The molecule has 2 atom stereocenters. The fraction of sp³-hybridized carbons (Fsp3) is 0.440. The molecule has 0 saturated heterocycles. The Labute approximate surface area is 204 Å². The van der Waals surface area contributed by atoms with Gasteiger partial charge in [-0.3, -0.25) is 0 Å². The molecule has 0 spiro atoms. The van der Waals surface area contributed by atoms with Crippen LogP contribution >= 0.6 is 0 Å². The molecule has 2 heterocycles. The van der Waals surface area contributed by atoms with Gasteiger partial charge in [0.05, 0.1) is 24.2 Å². The van der Waals surface area contributed by atoms with Crippen molar-refractivity contribution in [2.75, 3.05) is 19.7 Å². The van der Waals surface area contributed by atoms with Crippen molar-refractivity contribution in [1.82, 2.24) is 19.2 Å². The van der Waals surface area contributed by atoms with Gasteiger partial charge >= 0.3 is 0 Å². The van der Waals surface area contributed by atoms with Crippen LogP contribution in [0.25, 0.3) is 5.69 Å². The Kier molecular flexibility index (Phi) is 6.14. The van der Waals surface area contributed by atoms with Crippen molar-refractivity contribution in [3.8, 4) is 5.69 Å². The normalized spacial score (nSPS) is 19.9. The van der Waals surface area contributed by atoms with Gasteiger partial charge in [-0.1, -0.05) is 23.2 Å². The highest BCUT2D eigenvalue weighted by Gasteiger charge is 2.39. The third-order valence-electron chi connectivity index (χ3n) is 7.27. The van der Waals surface area contributed by atoms with Crippen molar-refractivity contribution in [2.45, 2.75) is 50.8 Å². The number of allylic oxidation sites excluding steroid dienone is 1. The van der Waals surface area contributed by atoms with E-state index >= 15 is 0 Å². The van der Waals surface area contributed by atoms with Crippen LogP contribution in [0.5, 0.6) is 0 Å². The van der Waals surface area contributed by atoms with Gasteiger partial charge in [0, 0.05) is 31.0 Å². The highest BCUT2D eigenvalue weighted by molar-refractivity contribution is 7.89. The zero-order chi connectivity index (χ0) is 24.9. The number of aryl methyl sites for hydroxylation is 2. The number of sulfonamides is 1. The Balaban J connectivity index is 1.44. The molecule has 0 radical (unpaired) electrons. The van der Waals surface area contributed by atoms with Crippen molar-refractivity contribution >= 4 is 10.0 Å². The molecule has 0 aliphatic heterocycles. The van der Waals surface area contributed by atoms with Crippen molar-refractivity contribution in [2.24, 2.45) is 5.92 Å². The molecule has 8 nitrogen and oxygen atoms in total. The zero-order valence-electron chi connectivity index (χ0n) is 20.0. The second-order valence-corrected chi connectivity index (χ2v) is 11.2. The van der Waals surface area contributed by atoms with Crippen LogP contribution < -0.4 is 0 Å². The monoisotopic (exact) mass is 500 g/mol. The number of fused-ring (bicyclic) bond motifs is 1. The maximum atomic E-state index is 13.5. The Morgan fingerprint density at radius 3 is 2.66 bits per heavy atom. The van der Waals surface area contributed by atoms with E-state index in [4.69, 9.17) is 4.52 Å². The lowest BCUT2D eigenvalue weighted by atomic mass is 9.80. The van der Waals surface area contributed by atoms with Gasteiger partial charge in [-0.25, -0.2) is 17.5 Å². The average Bonchev–Trinajstić information content (AvgIpc) is 3.52. The summed E-state index contributed by atoms with van der Waals surface area (Å²) in [6, 6.07) is 6.31. The summed E-state index contributed by atoms with van der Waals surface area (Å²) in [5.41, 5.74) is 5.94. The summed E-state index contributed by atoms with van der Waals surface area (Å²) < 4.78 is 48.8. The van der Waals surface area contributed by atoms with E-state index in [0.717, 1.165) is 36.2 Å². The molecule has 5 rings (SSSR count). The summed E-state index contributed by atoms with van der Waals surface area (Å²) >= 11 is 0. The van der Waals surface area contributed by atoms with Crippen LogP contribution in [0.3, 0.4) is 0 Å². The van der Waals surface area contributed by atoms with Crippen LogP contribution in [0.4, 0.5) is 4.39 Å². The van der Waals surface area contributed by atoms with Gasteiger partial charge in [-0.05, 0) is 56.9 Å². The Morgan fingerprint density at radius 1 is 1.26 bits per heavy atom. The summed E-state index contributed by atoms with van der Waals surface area (Å²) in [6.45, 7) is 5.36. The van der Waals surface area contributed by atoms with E-state index in [9.17, 15) is 17.9 Å². The Bertz CT molecular complexity index is 1370. The zero-order valence-corrected chi connectivity index (χ0v) is 20.8. The van der Waals surface area contributed by atoms with Crippen LogP contribution in [0.2, 0.25) is 0 Å². The van der Waals surface area contributed by atoms with Crippen molar-refractivity contribution < 1.29 is 22.4 Å². The van der Waals surface area contributed by atoms with E-state index in [-0.39, 0.29) is 48.0 Å². The number of nitrogens with zero attached hydrogens (tertiary/aromatic N) is 4. The van der Waals surface area contributed by atoms with Gasteiger partial charge in [-0.15, -0.1) is 0 Å². The molecule has 0 amide bonds. The summed E-state index contributed by atoms with van der Waals surface area (Å²) in [7, 11) is -3.87. The first kappa shape index (κ1) is 23.9. The molecule has 3 aromatic rings. The number of aliphatic hydroxyl groups excluding tert-OH is 1. The second kappa shape index (κ2) is 9.00. The van der Waals surface area contributed by atoms with Crippen LogP contribution in [0.15, 0.2) is 51.0 Å². The molecule has 0 unspecified atom stereocenters. The van der Waals surface area contributed by atoms with Gasteiger partial charge in [0.25, 0.3) is 0 Å². The maximum Gasteiger partial charge on any atom is 0.248 e. The topological polar surface area (TPSA) is 101 Å². The average molecular weight is 501 g/mol. The van der Waals surface area contributed by atoms with Crippen molar-refractivity contribution in [3.05, 3.63) is 70.1 Å². The highest BCUT2D eigenvalue weighted by Crippen LogP contribution is 2.47. The van der Waals surface area contributed by atoms with Gasteiger partial charge in [0.2, 0.25) is 10.0 Å². The number of aromatic nitrogens is 3. The smallest absolute Gasteiger partial charge is 0.248 e. The fourth-order valence-corrected chi connectivity index (χ4v) is 7.48. The van der Waals surface area contributed by atoms with Gasteiger partial charge in [-0.2, -0.15) is 9.40 Å². The first-order valence-electron chi connectivity index (χ1n) is 11.8. The minimum absolute atomic E-state index is 0.00758. The first-order chi connectivity index (χ1) is 16.7. The third-order valence-corrected chi connectivity index (χ3v) is 9.38. The molecule has 1 N–H and O–H groups in total. The van der Waals surface area contributed by atoms with Gasteiger partial charge < -0.3 is 9.63 Å². The van der Waals surface area contributed by atoms with Crippen LogP contribution in [-0.2, 0) is 16.4 Å². The maximum absolute atomic E-state index is 13.5. The molecule has 0 fully saturated rings. The second-order valence-electron chi connectivity index (χ2n) is 9.37. The molecule has 186 valence electrons. The molecular weight excluding hydrogens is 471 g/mol.